The van der Waals surface area contributed by atoms with Crippen molar-refractivity contribution in [3.8, 4) is 5.75 Å². The lowest BCUT2D eigenvalue weighted by molar-refractivity contribution is -0.122. The van der Waals surface area contributed by atoms with Gasteiger partial charge in [0.05, 0.1) is 10.7 Å². The van der Waals surface area contributed by atoms with Crippen LogP contribution in [0.25, 0.3) is 0 Å². The molecule has 1 N–H and O–H groups in total. The standard InChI is InChI=1S/C17H18ClNO2S/c1-11-8-9-13(18)15(10-11)21-12(2)17(20)19-14-6-4-5-7-16(14)22-3/h4-10,12H,1-3H3,(H,19,20). The zero-order valence-electron chi connectivity index (χ0n) is 12.7. The van der Waals surface area contributed by atoms with Gasteiger partial charge in [-0.15, -0.1) is 11.8 Å². The van der Waals surface area contributed by atoms with Gasteiger partial charge in [0.2, 0.25) is 0 Å². The lowest BCUT2D eigenvalue weighted by Gasteiger charge is -2.17. The molecule has 2 rings (SSSR count). The molecule has 22 heavy (non-hydrogen) atoms. The van der Waals surface area contributed by atoms with Gasteiger partial charge in [-0.2, -0.15) is 0 Å². The molecule has 2 aromatic carbocycles. The van der Waals surface area contributed by atoms with Crippen LogP contribution >= 0.6 is 23.4 Å². The number of aryl methyl sites for hydroxylation is 1. The van der Waals surface area contributed by atoms with Crippen LogP contribution in [0.15, 0.2) is 47.4 Å². The first-order valence-electron chi connectivity index (χ1n) is 6.88. The van der Waals surface area contributed by atoms with Crippen LogP contribution in [-0.2, 0) is 4.79 Å². The number of thioether (sulfide) groups is 1. The molecule has 0 radical (unpaired) electrons. The van der Waals surface area contributed by atoms with Gasteiger partial charge >= 0.3 is 0 Å². The Kier molecular flexibility index (Phi) is 5.75. The number of anilines is 1. The molecule has 3 nitrogen and oxygen atoms in total. The molecule has 0 heterocycles. The summed E-state index contributed by atoms with van der Waals surface area (Å²) in [7, 11) is 0. The van der Waals surface area contributed by atoms with E-state index in [1.165, 1.54) is 0 Å². The molecule has 0 aliphatic heterocycles. The summed E-state index contributed by atoms with van der Waals surface area (Å²) in [5.74, 6) is 0.307. The van der Waals surface area contributed by atoms with Gasteiger partial charge in [0, 0.05) is 4.90 Å². The van der Waals surface area contributed by atoms with Gasteiger partial charge in [-0.3, -0.25) is 4.79 Å². The van der Waals surface area contributed by atoms with Crippen LogP contribution in [0.3, 0.4) is 0 Å². The number of para-hydroxylation sites is 1. The molecule has 0 aliphatic rings. The zero-order chi connectivity index (χ0) is 16.1. The summed E-state index contributed by atoms with van der Waals surface area (Å²) >= 11 is 7.67. The minimum absolute atomic E-state index is 0.209. The first-order chi connectivity index (χ1) is 10.5. The highest BCUT2D eigenvalue weighted by atomic mass is 35.5. The van der Waals surface area contributed by atoms with Gasteiger partial charge in [0.1, 0.15) is 5.75 Å². The van der Waals surface area contributed by atoms with E-state index in [4.69, 9.17) is 16.3 Å². The molecular weight excluding hydrogens is 318 g/mol. The van der Waals surface area contributed by atoms with Crippen LogP contribution in [0.5, 0.6) is 5.75 Å². The Balaban J connectivity index is 2.07. The summed E-state index contributed by atoms with van der Waals surface area (Å²) in [4.78, 5) is 13.3. The molecule has 0 saturated heterocycles. The molecule has 0 aliphatic carbocycles. The number of nitrogens with one attached hydrogen (secondary N) is 1. The van der Waals surface area contributed by atoms with Gasteiger partial charge in [-0.05, 0) is 49.9 Å². The molecule has 0 aromatic heterocycles. The molecule has 1 unspecified atom stereocenters. The third kappa shape index (κ3) is 4.18. The van der Waals surface area contributed by atoms with Crippen LogP contribution in [0.2, 0.25) is 5.02 Å². The van der Waals surface area contributed by atoms with E-state index in [2.05, 4.69) is 5.32 Å². The summed E-state index contributed by atoms with van der Waals surface area (Å²) in [6.07, 6.45) is 1.33. The molecule has 5 heteroatoms. The van der Waals surface area contributed by atoms with Crippen LogP contribution in [-0.4, -0.2) is 18.3 Å². The van der Waals surface area contributed by atoms with E-state index in [1.54, 1.807) is 24.8 Å². The Morgan fingerprint density at radius 3 is 2.73 bits per heavy atom. The van der Waals surface area contributed by atoms with Crippen molar-refractivity contribution in [1.29, 1.82) is 0 Å². The number of benzene rings is 2. The van der Waals surface area contributed by atoms with Gasteiger partial charge in [-0.25, -0.2) is 0 Å². The zero-order valence-corrected chi connectivity index (χ0v) is 14.3. The van der Waals surface area contributed by atoms with Crippen molar-refractivity contribution >= 4 is 35.0 Å². The van der Waals surface area contributed by atoms with Crippen molar-refractivity contribution in [3.63, 3.8) is 0 Å². The SMILES string of the molecule is CSc1ccccc1NC(=O)C(C)Oc1cc(C)ccc1Cl. The van der Waals surface area contributed by atoms with Gasteiger partial charge in [-0.1, -0.05) is 29.8 Å². The second-order valence-electron chi connectivity index (χ2n) is 4.88. The van der Waals surface area contributed by atoms with Crippen LogP contribution < -0.4 is 10.1 Å². The number of halogens is 1. The highest BCUT2D eigenvalue weighted by Crippen LogP contribution is 2.27. The summed E-state index contributed by atoms with van der Waals surface area (Å²) in [6, 6.07) is 13.1. The average molecular weight is 336 g/mol. The maximum atomic E-state index is 12.3. The molecule has 116 valence electrons. The van der Waals surface area contributed by atoms with Crippen LogP contribution in [0, 0.1) is 6.92 Å². The maximum absolute atomic E-state index is 12.3. The highest BCUT2D eigenvalue weighted by Gasteiger charge is 2.17. The topological polar surface area (TPSA) is 38.3 Å². The Hall–Kier alpha value is -1.65. The molecule has 1 atom stereocenters. The van der Waals surface area contributed by atoms with E-state index in [-0.39, 0.29) is 5.91 Å². The number of rotatable bonds is 5. The number of hydrogen-bond acceptors (Lipinski definition) is 3. The first-order valence-corrected chi connectivity index (χ1v) is 8.48. The monoisotopic (exact) mass is 335 g/mol. The fourth-order valence-corrected chi connectivity index (χ4v) is 2.64. The fraction of sp³-hybridized carbons (Fsp3) is 0.235. The van der Waals surface area contributed by atoms with E-state index < -0.39 is 6.10 Å². The Labute approximate surface area is 140 Å². The van der Waals surface area contributed by atoms with E-state index in [9.17, 15) is 4.79 Å². The minimum Gasteiger partial charge on any atom is -0.479 e. The van der Waals surface area contributed by atoms with E-state index >= 15 is 0 Å². The fourth-order valence-electron chi connectivity index (χ4n) is 1.93. The molecule has 1 amide bonds. The number of hydrogen-bond donors (Lipinski definition) is 1. The third-order valence-electron chi connectivity index (χ3n) is 3.12. The molecule has 0 fully saturated rings. The second-order valence-corrected chi connectivity index (χ2v) is 6.14. The summed E-state index contributed by atoms with van der Waals surface area (Å²) < 4.78 is 5.68. The van der Waals surface area contributed by atoms with Crippen molar-refractivity contribution in [1.82, 2.24) is 0 Å². The molecule has 0 bridgehead atoms. The average Bonchev–Trinajstić information content (AvgIpc) is 2.51. The lowest BCUT2D eigenvalue weighted by Crippen LogP contribution is -2.30. The van der Waals surface area contributed by atoms with Crippen molar-refractivity contribution in [2.45, 2.75) is 24.8 Å². The van der Waals surface area contributed by atoms with E-state index in [1.807, 2.05) is 49.6 Å². The second kappa shape index (κ2) is 7.56. The van der Waals surface area contributed by atoms with Crippen molar-refractivity contribution in [2.75, 3.05) is 11.6 Å². The maximum Gasteiger partial charge on any atom is 0.265 e. The predicted octanol–water partition coefficient (Wildman–Crippen LogP) is 4.78. The largest absolute Gasteiger partial charge is 0.479 e. The van der Waals surface area contributed by atoms with Crippen molar-refractivity contribution < 1.29 is 9.53 Å². The highest BCUT2D eigenvalue weighted by molar-refractivity contribution is 7.98. The first kappa shape index (κ1) is 16.7. The van der Waals surface area contributed by atoms with E-state index in [0.29, 0.717) is 10.8 Å². The summed E-state index contributed by atoms with van der Waals surface area (Å²) in [5.41, 5.74) is 1.81. The summed E-state index contributed by atoms with van der Waals surface area (Å²) in [5, 5.41) is 3.38. The van der Waals surface area contributed by atoms with Crippen molar-refractivity contribution in [3.05, 3.63) is 53.1 Å². The molecule has 0 saturated carbocycles. The lowest BCUT2D eigenvalue weighted by atomic mass is 10.2. The molecule has 2 aromatic rings. The minimum atomic E-state index is -0.644. The van der Waals surface area contributed by atoms with Crippen LogP contribution in [0.1, 0.15) is 12.5 Å². The third-order valence-corrected chi connectivity index (χ3v) is 4.23. The van der Waals surface area contributed by atoms with Gasteiger partial charge in [0.15, 0.2) is 6.10 Å². The van der Waals surface area contributed by atoms with Gasteiger partial charge < -0.3 is 10.1 Å². The van der Waals surface area contributed by atoms with E-state index in [0.717, 1.165) is 16.1 Å². The quantitative estimate of drug-likeness (QED) is 0.799. The van der Waals surface area contributed by atoms with Crippen LogP contribution in [0.4, 0.5) is 5.69 Å². The Morgan fingerprint density at radius 2 is 2.00 bits per heavy atom. The number of ether oxygens (including phenoxy) is 1. The number of amides is 1. The Morgan fingerprint density at radius 1 is 1.27 bits per heavy atom. The summed E-state index contributed by atoms with van der Waals surface area (Å²) in [6.45, 7) is 3.65. The Bertz CT molecular complexity index is 675. The predicted molar refractivity (Wildman–Crippen MR) is 93.1 cm³/mol. The molecular formula is C17H18ClNO2S. The normalized spacial score (nSPS) is 11.8. The van der Waals surface area contributed by atoms with Gasteiger partial charge in [0.25, 0.3) is 5.91 Å². The smallest absolute Gasteiger partial charge is 0.265 e. The number of carbonyl (C=O) groups excluding carboxylic acids is 1. The number of carbonyl (C=O) groups is 1. The molecule has 0 spiro atoms. The van der Waals surface area contributed by atoms with Crippen molar-refractivity contribution in [2.24, 2.45) is 0 Å².